The number of methoxy groups -OCH3 is 1. The third kappa shape index (κ3) is 1.90. The predicted molar refractivity (Wildman–Crippen MR) is 79.6 cm³/mol. The van der Waals surface area contributed by atoms with Crippen molar-refractivity contribution < 1.29 is 9.53 Å². The molecule has 0 heterocycles. The highest BCUT2D eigenvalue weighted by atomic mass is 79.9. The van der Waals surface area contributed by atoms with E-state index in [4.69, 9.17) is 4.74 Å². The van der Waals surface area contributed by atoms with Gasteiger partial charge in [0.1, 0.15) is 0 Å². The average Bonchev–Trinajstić information content (AvgIpc) is 2.58. The van der Waals surface area contributed by atoms with E-state index < -0.39 is 0 Å². The van der Waals surface area contributed by atoms with Crippen LogP contribution in [0.5, 0.6) is 0 Å². The van der Waals surface area contributed by atoms with Crippen LogP contribution in [0.2, 0.25) is 0 Å². The fourth-order valence-corrected chi connectivity index (χ4v) is 2.79. The zero-order chi connectivity index (χ0) is 13.4. The van der Waals surface area contributed by atoms with Crippen molar-refractivity contribution in [3.05, 3.63) is 58.6 Å². The molecule has 2 nitrogen and oxygen atoms in total. The Labute approximate surface area is 119 Å². The Bertz CT molecular complexity index is 749. The standard InChI is InChI=1S/C16H11BrO2/c1-19-16(18)15-12-6-4-2-3-5-11(12)14-9-10(17)7-8-13(14)15/h2-9H,1H3. The molecule has 94 valence electrons. The monoisotopic (exact) mass is 314 g/mol. The first-order valence-corrected chi connectivity index (χ1v) is 6.70. The number of carbonyl (C=O) groups excluding carboxylic acids is 1. The van der Waals surface area contributed by atoms with Crippen molar-refractivity contribution in [2.45, 2.75) is 0 Å². The number of carbonyl (C=O) groups is 1. The first-order valence-electron chi connectivity index (χ1n) is 5.90. The smallest absolute Gasteiger partial charge is 0.339 e. The largest absolute Gasteiger partial charge is 0.465 e. The molecule has 0 saturated heterocycles. The highest BCUT2D eigenvalue weighted by Gasteiger charge is 2.22. The molecule has 19 heavy (non-hydrogen) atoms. The highest BCUT2D eigenvalue weighted by molar-refractivity contribution is 9.10. The van der Waals surface area contributed by atoms with Gasteiger partial charge in [0, 0.05) is 4.47 Å². The lowest BCUT2D eigenvalue weighted by Crippen LogP contribution is -2.00. The van der Waals surface area contributed by atoms with Crippen LogP contribution in [0.3, 0.4) is 0 Å². The van der Waals surface area contributed by atoms with Crippen LogP contribution < -0.4 is 0 Å². The third-order valence-electron chi connectivity index (χ3n) is 3.24. The van der Waals surface area contributed by atoms with Crippen LogP contribution in [0.4, 0.5) is 0 Å². The van der Waals surface area contributed by atoms with Gasteiger partial charge in [0.2, 0.25) is 0 Å². The summed E-state index contributed by atoms with van der Waals surface area (Å²) in [6, 6.07) is 15.8. The van der Waals surface area contributed by atoms with Gasteiger partial charge in [-0.15, -0.1) is 0 Å². The molecule has 0 saturated carbocycles. The third-order valence-corrected chi connectivity index (χ3v) is 3.73. The highest BCUT2D eigenvalue weighted by Crippen LogP contribution is 2.39. The van der Waals surface area contributed by atoms with Crippen molar-refractivity contribution in [1.82, 2.24) is 0 Å². The Morgan fingerprint density at radius 1 is 1.00 bits per heavy atom. The Kier molecular flexibility index (Phi) is 2.99. The molecule has 0 bridgehead atoms. The van der Waals surface area contributed by atoms with E-state index in [0.29, 0.717) is 5.56 Å². The zero-order valence-corrected chi connectivity index (χ0v) is 11.9. The number of hydrogen-bond acceptors (Lipinski definition) is 2. The van der Waals surface area contributed by atoms with Gasteiger partial charge in [-0.2, -0.15) is 0 Å². The van der Waals surface area contributed by atoms with Crippen LogP contribution in [0.25, 0.3) is 21.9 Å². The summed E-state index contributed by atoms with van der Waals surface area (Å²) in [6.07, 6.45) is 0. The van der Waals surface area contributed by atoms with Crippen molar-refractivity contribution in [1.29, 1.82) is 0 Å². The van der Waals surface area contributed by atoms with E-state index >= 15 is 0 Å². The minimum absolute atomic E-state index is 0.298. The maximum Gasteiger partial charge on any atom is 0.339 e. The Hall–Kier alpha value is -1.87. The van der Waals surface area contributed by atoms with Crippen molar-refractivity contribution >= 4 is 32.7 Å². The van der Waals surface area contributed by atoms with E-state index in [1.165, 1.54) is 7.11 Å². The van der Waals surface area contributed by atoms with Gasteiger partial charge < -0.3 is 4.74 Å². The first kappa shape index (κ1) is 12.2. The Balaban J connectivity index is 2.49. The average molecular weight is 315 g/mol. The summed E-state index contributed by atoms with van der Waals surface area (Å²) < 4.78 is 5.92. The number of rotatable bonds is 1. The number of halogens is 1. The van der Waals surface area contributed by atoms with Crippen LogP contribution in [-0.4, -0.2) is 13.1 Å². The minimum atomic E-state index is -0.298. The number of fused-ring (bicyclic) bond motifs is 3. The van der Waals surface area contributed by atoms with E-state index in [9.17, 15) is 4.79 Å². The molecular weight excluding hydrogens is 304 g/mol. The number of esters is 1. The van der Waals surface area contributed by atoms with Gasteiger partial charge in [-0.1, -0.05) is 52.3 Å². The molecule has 2 aliphatic rings. The van der Waals surface area contributed by atoms with Crippen molar-refractivity contribution in [3.8, 4) is 11.1 Å². The number of ether oxygens (including phenoxy) is 1. The number of hydrogen-bond donors (Lipinski definition) is 0. The van der Waals surface area contributed by atoms with E-state index in [1.807, 2.05) is 48.5 Å². The Morgan fingerprint density at radius 2 is 1.74 bits per heavy atom. The molecular formula is C16H11BrO2. The summed E-state index contributed by atoms with van der Waals surface area (Å²) in [5, 5.41) is 1.98. The lowest BCUT2D eigenvalue weighted by molar-refractivity contribution is 0.0604. The summed E-state index contributed by atoms with van der Waals surface area (Å²) in [7, 11) is 1.41. The van der Waals surface area contributed by atoms with Crippen molar-refractivity contribution in [3.63, 3.8) is 0 Å². The summed E-state index contributed by atoms with van der Waals surface area (Å²) in [4.78, 5) is 12.1. The van der Waals surface area contributed by atoms with E-state index in [1.54, 1.807) is 0 Å². The predicted octanol–water partition coefficient (Wildman–Crippen LogP) is 4.49. The van der Waals surface area contributed by atoms with Crippen LogP contribution in [0, 0.1) is 0 Å². The Morgan fingerprint density at radius 3 is 2.47 bits per heavy atom. The van der Waals surface area contributed by atoms with Crippen molar-refractivity contribution in [2.24, 2.45) is 0 Å². The normalized spacial score (nSPS) is 10.8. The van der Waals surface area contributed by atoms with Crippen LogP contribution in [-0.2, 0) is 4.74 Å². The summed E-state index contributed by atoms with van der Waals surface area (Å²) >= 11 is 3.48. The quantitative estimate of drug-likeness (QED) is 0.618. The fraction of sp³-hybridized carbons (Fsp3) is 0.0625. The van der Waals surface area contributed by atoms with Gasteiger partial charge >= 0.3 is 5.97 Å². The lowest BCUT2D eigenvalue weighted by atomic mass is 10.1. The second kappa shape index (κ2) is 4.67. The molecule has 1 aromatic rings. The molecule has 0 unspecified atom stereocenters. The summed E-state index contributed by atoms with van der Waals surface area (Å²) in [5.41, 5.74) is 2.61. The topological polar surface area (TPSA) is 26.3 Å². The van der Waals surface area contributed by atoms with Crippen LogP contribution in [0.1, 0.15) is 10.4 Å². The van der Waals surface area contributed by atoms with Gasteiger partial charge in [0.25, 0.3) is 0 Å². The lowest BCUT2D eigenvalue weighted by Gasteiger charge is -1.99. The molecule has 0 radical (unpaired) electrons. The van der Waals surface area contributed by atoms with E-state index in [2.05, 4.69) is 15.9 Å². The molecule has 0 aliphatic heterocycles. The SMILES string of the molecule is COC(=O)c1c2cccccc-2c2cc(Br)ccc12. The van der Waals surface area contributed by atoms with Crippen LogP contribution >= 0.6 is 15.9 Å². The molecule has 0 aromatic heterocycles. The second-order valence-electron chi connectivity index (χ2n) is 4.29. The van der Waals surface area contributed by atoms with E-state index in [-0.39, 0.29) is 5.97 Å². The molecule has 3 heteroatoms. The van der Waals surface area contributed by atoms with Crippen LogP contribution in [0.15, 0.2) is 53.0 Å². The fourth-order valence-electron chi connectivity index (χ4n) is 2.42. The minimum Gasteiger partial charge on any atom is -0.465 e. The maximum absolute atomic E-state index is 12.1. The molecule has 0 fully saturated rings. The maximum atomic E-state index is 12.1. The molecule has 1 aromatic carbocycles. The van der Waals surface area contributed by atoms with Gasteiger partial charge in [0.05, 0.1) is 12.7 Å². The molecule has 0 amide bonds. The molecule has 0 spiro atoms. The van der Waals surface area contributed by atoms with Crippen molar-refractivity contribution in [2.75, 3.05) is 7.11 Å². The summed E-state index contributed by atoms with van der Waals surface area (Å²) in [5.74, 6) is -0.298. The van der Waals surface area contributed by atoms with Gasteiger partial charge in [-0.25, -0.2) is 4.79 Å². The number of benzene rings is 1. The molecule has 3 rings (SSSR count). The van der Waals surface area contributed by atoms with Gasteiger partial charge in [-0.05, 0) is 34.0 Å². The summed E-state index contributed by atoms with van der Waals surface area (Å²) in [6.45, 7) is 0. The molecule has 2 aliphatic carbocycles. The first-order chi connectivity index (χ1) is 9.22. The second-order valence-corrected chi connectivity index (χ2v) is 5.21. The van der Waals surface area contributed by atoms with Gasteiger partial charge in [0.15, 0.2) is 0 Å². The zero-order valence-electron chi connectivity index (χ0n) is 10.3. The molecule has 0 N–H and O–H groups in total. The van der Waals surface area contributed by atoms with Gasteiger partial charge in [-0.3, -0.25) is 0 Å². The van der Waals surface area contributed by atoms with E-state index in [0.717, 1.165) is 26.4 Å². The molecule has 0 atom stereocenters.